The third-order valence-corrected chi connectivity index (χ3v) is 2.31. The molecule has 78 valence electrons. The van der Waals surface area contributed by atoms with Crippen LogP contribution in [0.3, 0.4) is 0 Å². The van der Waals surface area contributed by atoms with Crippen LogP contribution >= 0.6 is 0 Å². The van der Waals surface area contributed by atoms with Crippen molar-refractivity contribution in [3.63, 3.8) is 0 Å². The normalized spacial score (nSPS) is 17.2. The molecular weight excluding hydrogens is 188 g/mol. The fourth-order valence-corrected chi connectivity index (χ4v) is 1.32. The van der Waals surface area contributed by atoms with Gasteiger partial charge < -0.3 is 15.7 Å². The minimum Gasteiger partial charge on any atom is -0.480 e. The van der Waals surface area contributed by atoms with E-state index in [9.17, 15) is 14.4 Å². The lowest BCUT2D eigenvalue weighted by Crippen LogP contribution is -2.42. The second kappa shape index (κ2) is 3.28. The van der Waals surface area contributed by atoms with Gasteiger partial charge in [0.05, 0.1) is 6.54 Å². The molecule has 6 nitrogen and oxygen atoms in total. The Balaban J connectivity index is 2.66. The van der Waals surface area contributed by atoms with Gasteiger partial charge in [0.2, 0.25) is 11.8 Å². The van der Waals surface area contributed by atoms with Gasteiger partial charge in [0, 0.05) is 7.05 Å². The van der Waals surface area contributed by atoms with E-state index in [2.05, 4.69) is 0 Å². The monoisotopic (exact) mass is 200 g/mol. The Bertz CT molecular complexity index is 296. The average Bonchev–Trinajstić information content (AvgIpc) is 2.81. The molecule has 1 aliphatic carbocycles. The molecule has 2 amide bonds. The Kier molecular flexibility index (Phi) is 2.46. The Morgan fingerprint density at radius 2 is 1.93 bits per heavy atom. The molecule has 0 bridgehead atoms. The van der Waals surface area contributed by atoms with E-state index in [1.54, 1.807) is 0 Å². The van der Waals surface area contributed by atoms with Crippen LogP contribution in [0.2, 0.25) is 0 Å². The highest BCUT2D eigenvalue weighted by molar-refractivity contribution is 6.05. The molecule has 1 fully saturated rings. The standard InChI is InChI=1S/C8H12N2O4/c1-10(4-5(9)11)6(12)8(2-3-8)7(13)14/h2-4H2,1H3,(H2,9,11)(H,13,14). The summed E-state index contributed by atoms with van der Waals surface area (Å²) >= 11 is 0. The lowest BCUT2D eigenvalue weighted by molar-refractivity contribution is -0.153. The zero-order chi connectivity index (χ0) is 10.9. The molecule has 3 N–H and O–H groups in total. The lowest BCUT2D eigenvalue weighted by Gasteiger charge is -2.19. The molecular formula is C8H12N2O4. The average molecular weight is 200 g/mol. The van der Waals surface area contributed by atoms with Crippen molar-refractivity contribution in [2.24, 2.45) is 11.1 Å². The number of hydrogen-bond donors (Lipinski definition) is 2. The van der Waals surface area contributed by atoms with E-state index in [0.29, 0.717) is 12.8 Å². The molecule has 0 saturated heterocycles. The maximum Gasteiger partial charge on any atom is 0.319 e. The Hall–Kier alpha value is -1.59. The van der Waals surface area contributed by atoms with E-state index < -0.39 is 23.2 Å². The predicted molar refractivity (Wildman–Crippen MR) is 46.1 cm³/mol. The van der Waals surface area contributed by atoms with Gasteiger partial charge in [0.15, 0.2) is 0 Å². The Morgan fingerprint density at radius 3 is 2.21 bits per heavy atom. The van der Waals surface area contributed by atoms with Crippen molar-refractivity contribution < 1.29 is 19.5 Å². The summed E-state index contributed by atoms with van der Waals surface area (Å²) in [5, 5.41) is 8.79. The van der Waals surface area contributed by atoms with E-state index in [1.807, 2.05) is 0 Å². The molecule has 6 heteroatoms. The molecule has 0 spiro atoms. The quantitative estimate of drug-likeness (QED) is 0.556. The predicted octanol–water partition coefficient (Wildman–Crippen LogP) is -1.21. The minimum atomic E-state index is -1.29. The number of primary amides is 1. The molecule has 14 heavy (non-hydrogen) atoms. The number of carboxylic acid groups (broad SMARTS) is 1. The van der Waals surface area contributed by atoms with Crippen LogP contribution in [0.15, 0.2) is 0 Å². The van der Waals surface area contributed by atoms with E-state index in [-0.39, 0.29) is 6.54 Å². The molecule has 1 rings (SSSR count). The minimum absolute atomic E-state index is 0.242. The van der Waals surface area contributed by atoms with Gasteiger partial charge in [-0.1, -0.05) is 0 Å². The molecule has 0 aromatic carbocycles. The highest BCUT2D eigenvalue weighted by atomic mass is 16.4. The van der Waals surface area contributed by atoms with Gasteiger partial charge in [0.1, 0.15) is 5.41 Å². The van der Waals surface area contributed by atoms with Gasteiger partial charge in [-0.05, 0) is 12.8 Å². The van der Waals surface area contributed by atoms with Gasteiger partial charge in [-0.25, -0.2) is 0 Å². The first-order chi connectivity index (χ1) is 6.40. The second-order valence-electron chi connectivity index (χ2n) is 3.51. The number of carboxylic acids is 1. The molecule has 0 atom stereocenters. The number of nitrogens with zero attached hydrogens (tertiary/aromatic N) is 1. The highest BCUT2D eigenvalue weighted by Gasteiger charge is 2.58. The van der Waals surface area contributed by atoms with Crippen LogP contribution in [0, 0.1) is 5.41 Å². The Morgan fingerprint density at radius 1 is 1.43 bits per heavy atom. The van der Waals surface area contributed by atoms with Crippen LogP contribution in [-0.4, -0.2) is 41.4 Å². The van der Waals surface area contributed by atoms with Gasteiger partial charge in [-0.15, -0.1) is 0 Å². The molecule has 0 heterocycles. The summed E-state index contributed by atoms with van der Waals surface area (Å²) in [7, 11) is 1.37. The number of nitrogens with two attached hydrogens (primary N) is 1. The van der Waals surface area contributed by atoms with Crippen LogP contribution < -0.4 is 5.73 Å². The van der Waals surface area contributed by atoms with E-state index in [4.69, 9.17) is 10.8 Å². The van der Waals surface area contributed by atoms with Crippen molar-refractivity contribution in [3.8, 4) is 0 Å². The van der Waals surface area contributed by atoms with Gasteiger partial charge in [0.25, 0.3) is 0 Å². The van der Waals surface area contributed by atoms with Crippen molar-refractivity contribution in [2.45, 2.75) is 12.8 Å². The second-order valence-corrected chi connectivity index (χ2v) is 3.51. The summed E-state index contributed by atoms with van der Waals surface area (Å²) in [5.41, 5.74) is 3.60. The van der Waals surface area contributed by atoms with E-state index >= 15 is 0 Å². The largest absolute Gasteiger partial charge is 0.480 e. The molecule has 0 unspecified atom stereocenters. The number of carbonyl (C=O) groups excluding carboxylic acids is 2. The topological polar surface area (TPSA) is 101 Å². The molecule has 1 saturated carbocycles. The third kappa shape index (κ3) is 1.68. The molecule has 0 aliphatic heterocycles. The van der Waals surface area contributed by atoms with Crippen molar-refractivity contribution in [1.29, 1.82) is 0 Å². The zero-order valence-electron chi connectivity index (χ0n) is 7.82. The number of hydrogen-bond acceptors (Lipinski definition) is 3. The molecule has 0 radical (unpaired) electrons. The number of aliphatic carboxylic acids is 1. The van der Waals surface area contributed by atoms with Crippen LogP contribution in [0.5, 0.6) is 0 Å². The Labute approximate surface area is 80.7 Å². The summed E-state index contributed by atoms with van der Waals surface area (Å²) in [4.78, 5) is 33.9. The third-order valence-electron chi connectivity index (χ3n) is 2.31. The first kappa shape index (κ1) is 10.5. The molecule has 0 aromatic heterocycles. The fourth-order valence-electron chi connectivity index (χ4n) is 1.32. The smallest absolute Gasteiger partial charge is 0.319 e. The highest BCUT2D eigenvalue weighted by Crippen LogP contribution is 2.47. The SMILES string of the molecule is CN(CC(N)=O)C(=O)C1(C(=O)O)CC1. The van der Waals surface area contributed by atoms with E-state index in [1.165, 1.54) is 7.05 Å². The molecule has 0 aromatic rings. The first-order valence-corrected chi connectivity index (χ1v) is 4.17. The summed E-state index contributed by atoms with van der Waals surface area (Å²) in [6, 6.07) is 0. The van der Waals surface area contributed by atoms with Crippen molar-refractivity contribution in [3.05, 3.63) is 0 Å². The van der Waals surface area contributed by atoms with Gasteiger partial charge >= 0.3 is 5.97 Å². The van der Waals surface area contributed by atoms with Crippen LogP contribution in [0.4, 0.5) is 0 Å². The fraction of sp³-hybridized carbons (Fsp3) is 0.625. The molecule has 1 aliphatic rings. The first-order valence-electron chi connectivity index (χ1n) is 4.17. The van der Waals surface area contributed by atoms with Gasteiger partial charge in [-0.2, -0.15) is 0 Å². The van der Waals surface area contributed by atoms with E-state index in [0.717, 1.165) is 4.90 Å². The van der Waals surface area contributed by atoms with Crippen LogP contribution in [0.1, 0.15) is 12.8 Å². The lowest BCUT2D eigenvalue weighted by atomic mass is 10.1. The summed E-state index contributed by atoms with van der Waals surface area (Å²) in [6.45, 7) is -0.242. The van der Waals surface area contributed by atoms with Gasteiger partial charge in [-0.3, -0.25) is 14.4 Å². The van der Waals surface area contributed by atoms with Crippen molar-refractivity contribution in [2.75, 3.05) is 13.6 Å². The van der Waals surface area contributed by atoms with Crippen LogP contribution in [0.25, 0.3) is 0 Å². The maximum absolute atomic E-state index is 11.5. The number of carbonyl (C=O) groups is 3. The van der Waals surface area contributed by atoms with Crippen LogP contribution in [-0.2, 0) is 14.4 Å². The zero-order valence-corrected chi connectivity index (χ0v) is 7.82. The number of amides is 2. The summed E-state index contributed by atoms with van der Waals surface area (Å²) in [6.07, 6.45) is 0.675. The number of likely N-dealkylation sites (N-methyl/N-ethyl adjacent to an activating group) is 1. The number of rotatable bonds is 4. The summed E-state index contributed by atoms with van der Waals surface area (Å²) < 4.78 is 0. The van der Waals surface area contributed by atoms with Crippen molar-refractivity contribution in [1.82, 2.24) is 4.90 Å². The maximum atomic E-state index is 11.5. The van der Waals surface area contributed by atoms with Crippen molar-refractivity contribution >= 4 is 17.8 Å². The summed E-state index contributed by atoms with van der Waals surface area (Å²) in [5.74, 6) is -2.32.